The maximum atomic E-state index is 10.2. The number of hydrogen-bond donors (Lipinski definition) is 1. The van der Waals surface area contributed by atoms with Crippen molar-refractivity contribution in [2.24, 2.45) is 5.92 Å². The van der Waals surface area contributed by atoms with Gasteiger partial charge in [-0.25, -0.2) is 0 Å². The van der Waals surface area contributed by atoms with E-state index in [1.807, 2.05) is 11.8 Å². The van der Waals surface area contributed by atoms with Crippen molar-refractivity contribution in [2.75, 3.05) is 11.5 Å². The van der Waals surface area contributed by atoms with E-state index in [0.29, 0.717) is 12.3 Å². The van der Waals surface area contributed by atoms with Gasteiger partial charge in [0.25, 0.3) is 0 Å². The van der Waals surface area contributed by atoms with E-state index in [0.717, 1.165) is 6.42 Å². The Morgan fingerprint density at radius 2 is 2.45 bits per heavy atom. The van der Waals surface area contributed by atoms with Gasteiger partial charge in [-0.3, -0.25) is 4.79 Å². The molecule has 2 nitrogen and oxygen atoms in total. The highest BCUT2D eigenvalue weighted by molar-refractivity contribution is 7.99. The molecule has 0 radical (unpaired) electrons. The minimum atomic E-state index is -0.652. The van der Waals surface area contributed by atoms with Crippen LogP contribution >= 0.6 is 11.8 Å². The second kappa shape index (κ2) is 4.65. The average molecular weight is 174 g/mol. The Morgan fingerprint density at radius 3 is 3.00 bits per heavy atom. The summed E-state index contributed by atoms with van der Waals surface area (Å²) in [6.45, 7) is 0. The van der Waals surface area contributed by atoms with Crippen molar-refractivity contribution in [1.29, 1.82) is 0 Å². The summed E-state index contributed by atoms with van der Waals surface area (Å²) in [7, 11) is 0. The van der Waals surface area contributed by atoms with Crippen LogP contribution in [0.4, 0.5) is 0 Å². The standard InChI is InChI=1S/C8H14O2S/c9-8(10)4-3-7-2-1-5-11-6-7/h7H,1-6H2,(H,9,10). The van der Waals surface area contributed by atoms with Crippen LogP contribution < -0.4 is 0 Å². The molecular weight excluding hydrogens is 160 g/mol. The first-order valence-corrected chi connectivity index (χ1v) is 5.24. The molecule has 0 aliphatic carbocycles. The first-order valence-electron chi connectivity index (χ1n) is 4.08. The highest BCUT2D eigenvalue weighted by atomic mass is 32.2. The molecule has 0 saturated carbocycles. The third-order valence-electron chi connectivity index (χ3n) is 2.02. The molecular formula is C8H14O2S. The van der Waals surface area contributed by atoms with Crippen molar-refractivity contribution in [3.05, 3.63) is 0 Å². The van der Waals surface area contributed by atoms with Crippen LogP contribution in [0, 0.1) is 5.92 Å². The number of carboxylic acid groups (broad SMARTS) is 1. The topological polar surface area (TPSA) is 37.3 Å². The molecule has 1 rings (SSSR count). The van der Waals surface area contributed by atoms with E-state index in [2.05, 4.69) is 0 Å². The van der Waals surface area contributed by atoms with Crippen molar-refractivity contribution in [3.63, 3.8) is 0 Å². The fraction of sp³-hybridized carbons (Fsp3) is 0.875. The van der Waals surface area contributed by atoms with Gasteiger partial charge in [-0.15, -0.1) is 0 Å². The fourth-order valence-corrected chi connectivity index (χ4v) is 2.57. The van der Waals surface area contributed by atoms with Gasteiger partial charge in [-0.05, 0) is 36.7 Å². The predicted octanol–water partition coefficient (Wildman–Crippen LogP) is 1.99. The minimum Gasteiger partial charge on any atom is -0.481 e. The van der Waals surface area contributed by atoms with Gasteiger partial charge >= 0.3 is 5.97 Å². The van der Waals surface area contributed by atoms with Crippen molar-refractivity contribution < 1.29 is 9.90 Å². The summed E-state index contributed by atoms with van der Waals surface area (Å²) < 4.78 is 0. The maximum absolute atomic E-state index is 10.2. The quantitative estimate of drug-likeness (QED) is 0.711. The molecule has 0 aromatic rings. The lowest BCUT2D eigenvalue weighted by molar-refractivity contribution is -0.137. The molecule has 1 fully saturated rings. The van der Waals surface area contributed by atoms with Gasteiger partial charge < -0.3 is 5.11 Å². The third-order valence-corrected chi connectivity index (χ3v) is 3.31. The number of hydrogen-bond acceptors (Lipinski definition) is 2. The number of aliphatic carboxylic acids is 1. The van der Waals surface area contributed by atoms with Crippen molar-refractivity contribution in [3.8, 4) is 0 Å². The molecule has 0 aromatic carbocycles. The Labute approximate surface area is 71.4 Å². The first kappa shape index (κ1) is 8.91. The molecule has 64 valence electrons. The number of thioether (sulfide) groups is 1. The van der Waals surface area contributed by atoms with Crippen molar-refractivity contribution >= 4 is 17.7 Å². The fourth-order valence-electron chi connectivity index (χ4n) is 1.36. The van der Waals surface area contributed by atoms with E-state index in [9.17, 15) is 4.79 Å². The number of carboxylic acids is 1. The second-order valence-electron chi connectivity index (χ2n) is 3.02. The largest absolute Gasteiger partial charge is 0.481 e. The van der Waals surface area contributed by atoms with Crippen LogP contribution in [-0.2, 0) is 4.79 Å². The molecule has 1 atom stereocenters. The smallest absolute Gasteiger partial charge is 0.303 e. The lowest BCUT2D eigenvalue weighted by atomic mass is 10.00. The highest BCUT2D eigenvalue weighted by Crippen LogP contribution is 2.25. The van der Waals surface area contributed by atoms with Crippen LogP contribution in [0.15, 0.2) is 0 Å². The van der Waals surface area contributed by atoms with Crippen LogP contribution in [0.3, 0.4) is 0 Å². The Morgan fingerprint density at radius 1 is 1.64 bits per heavy atom. The van der Waals surface area contributed by atoms with E-state index in [1.54, 1.807) is 0 Å². The summed E-state index contributed by atoms with van der Waals surface area (Å²) >= 11 is 1.96. The molecule has 11 heavy (non-hydrogen) atoms. The summed E-state index contributed by atoms with van der Waals surface area (Å²) in [4.78, 5) is 10.2. The Bertz CT molecular complexity index is 130. The number of rotatable bonds is 3. The van der Waals surface area contributed by atoms with E-state index in [1.165, 1.54) is 24.3 Å². The second-order valence-corrected chi connectivity index (χ2v) is 4.17. The van der Waals surface area contributed by atoms with Crippen LogP contribution in [-0.4, -0.2) is 22.6 Å². The monoisotopic (exact) mass is 174 g/mol. The van der Waals surface area contributed by atoms with Crippen LogP contribution in [0.5, 0.6) is 0 Å². The first-order chi connectivity index (χ1) is 5.29. The molecule has 3 heteroatoms. The molecule has 1 heterocycles. The molecule has 1 N–H and O–H groups in total. The van der Waals surface area contributed by atoms with Gasteiger partial charge in [0, 0.05) is 6.42 Å². The molecule has 1 aliphatic heterocycles. The van der Waals surface area contributed by atoms with E-state index in [4.69, 9.17) is 5.11 Å². The zero-order valence-corrected chi connectivity index (χ0v) is 7.40. The van der Waals surface area contributed by atoms with Gasteiger partial charge in [0.15, 0.2) is 0 Å². The summed E-state index contributed by atoms with van der Waals surface area (Å²) in [6.07, 6.45) is 3.74. The normalized spacial score (nSPS) is 24.9. The van der Waals surface area contributed by atoms with Crippen LogP contribution in [0.2, 0.25) is 0 Å². The predicted molar refractivity (Wildman–Crippen MR) is 46.9 cm³/mol. The lowest BCUT2D eigenvalue weighted by Crippen LogP contribution is -2.11. The SMILES string of the molecule is O=C(O)CCC1CCCSC1. The average Bonchev–Trinajstić information content (AvgIpc) is 2.03. The molecule has 0 amide bonds. The summed E-state index contributed by atoms with van der Waals surface area (Å²) in [6, 6.07) is 0. The van der Waals surface area contributed by atoms with E-state index in [-0.39, 0.29) is 0 Å². The maximum Gasteiger partial charge on any atom is 0.303 e. The summed E-state index contributed by atoms with van der Waals surface area (Å²) in [5.41, 5.74) is 0. The summed E-state index contributed by atoms with van der Waals surface area (Å²) in [5, 5.41) is 8.44. The zero-order valence-electron chi connectivity index (χ0n) is 6.58. The molecule has 1 saturated heterocycles. The van der Waals surface area contributed by atoms with Gasteiger partial charge in [-0.2, -0.15) is 11.8 Å². The Hall–Kier alpha value is -0.180. The zero-order chi connectivity index (χ0) is 8.10. The lowest BCUT2D eigenvalue weighted by Gasteiger charge is -2.19. The van der Waals surface area contributed by atoms with Gasteiger partial charge in [-0.1, -0.05) is 0 Å². The van der Waals surface area contributed by atoms with Crippen molar-refractivity contribution in [2.45, 2.75) is 25.7 Å². The minimum absolute atomic E-state index is 0.352. The Kier molecular flexibility index (Phi) is 3.77. The third kappa shape index (κ3) is 3.65. The molecule has 0 spiro atoms. The molecule has 1 unspecified atom stereocenters. The number of carbonyl (C=O) groups is 1. The molecule has 0 bridgehead atoms. The Balaban J connectivity index is 2.09. The van der Waals surface area contributed by atoms with Gasteiger partial charge in [0.2, 0.25) is 0 Å². The molecule has 0 aromatic heterocycles. The van der Waals surface area contributed by atoms with Gasteiger partial charge in [0.05, 0.1) is 0 Å². The van der Waals surface area contributed by atoms with Gasteiger partial charge in [0.1, 0.15) is 0 Å². The summed E-state index contributed by atoms with van der Waals surface area (Å²) in [5.74, 6) is 2.46. The van der Waals surface area contributed by atoms with E-state index < -0.39 is 5.97 Å². The van der Waals surface area contributed by atoms with Crippen LogP contribution in [0.1, 0.15) is 25.7 Å². The van der Waals surface area contributed by atoms with E-state index >= 15 is 0 Å². The molecule has 1 aliphatic rings. The van der Waals surface area contributed by atoms with Crippen LogP contribution in [0.25, 0.3) is 0 Å². The van der Waals surface area contributed by atoms with Crippen molar-refractivity contribution in [1.82, 2.24) is 0 Å². The highest BCUT2D eigenvalue weighted by Gasteiger charge is 2.14.